The number of fused-ring (bicyclic) bond motifs is 6. The van der Waals surface area contributed by atoms with E-state index in [1.54, 1.807) is 0 Å². The van der Waals surface area contributed by atoms with Gasteiger partial charge in [0.25, 0.3) is 0 Å². The van der Waals surface area contributed by atoms with Crippen molar-refractivity contribution in [1.82, 2.24) is 0 Å². The Bertz CT molecular complexity index is 2250. The lowest BCUT2D eigenvalue weighted by atomic mass is 9.67. The molecule has 9 rings (SSSR count). The summed E-state index contributed by atoms with van der Waals surface area (Å²) in [5.41, 5.74) is 12.0. The van der Waals surface area contributed by atoms with E-state index in [0.29, 0.717) is 0 Å². The Balaban J connectivity index is 1.39. The highest BCUT2D eigenvalue weighted by Crippen LogP contribution is 2.58. The zero-order valence-electron chi connectivity index (χ0n) is 24.6. The van der Waals surface area contributed by atoms with Gasteiger partial charge in [-0.2, -0.15) is 0 Å². The first-order chi connectivity index (χ1) is 22.3. The molecule has 0 saturated carbocycles. The first-order valence-corrected chi connectivity index (χ1v) is 15.4. The van der Waals surface area contributed by atoms with Gasteiger partial charge < -0.3 is 9.32 Å². The van der Waals surface area contributed by atoms with E-state index in [4.69, 9.17) is 4.42 Å². The number of nitrogens with zero attached hydrogens (tertiary/aromatic N) is 1. The van der Waals surface area contributed by atoms with Gasteiger partial charge in [0.05, 0.1) is 5.41 Å². The normalized spacial score (nSPS) is 13.1. The van der Waals surface area contributed by atoms with E-state index < -0.39 is 5.41 Å². The lowest BCUT2D eigenvalue weighted by Gasteiger charge is -2.35. The first kappa shape index (κ1) is 25.6. The van der Waals surface area contributed by atoms with Crippen molar-refractivity contribution in [2.45, 2.75) is 5.41 Å². The maximum absolute atomic E-state index is 6.78. The molecule has 1 aliphatic carbocycles. The predicted octanol–water partition coefficient (Wildman–Crippen LogP) is 11.4. The summed E-state index contributed by atoms with van der Waals surface area (Å²) in [4.78, 5) is 2.34. The molecule has 0 amide bonds. The molecule has 0 N–H and O–H groups in total. The second kappa shape index (κ2) is 10.1. The van der Waals surface area contributed by atoms with Gasteiger partial charge in [0.1, 0.15) is 11.2 Å². The van der Waals surface area contributed by atoms with Crippen LogP contribution < -0.4 is 4.90 Å². The maximum atomic E-state index is 6.78. The average Bonchev–Trinajstić information content (AvgIpc) is 3.64. The summed E-state index contributed by atoms with van der Waals surface area (Å²) in [5.74, 6) is 0. The molecule has 0 aliphatic heterocycles. The van der Waals surface area contributed by atoms with Crippen LogP contribution in [0.25, 0.3) is 33.1 Å². The molecular weight excluding hydrogens is 546 g/mol. The van der Waals surface area contributed by atoms with Gasteiger partial charge >= 0.3 is 0 Å². The van der Waals surface area contributed by atoms with Crippen molar-refractivity contribution in [3.05, 3.63) is 198 Å². The van der Waals surface area contributed by atoms with Crippen molar-refractivity contribution in [2.24, 2.45) is 0 Å². The number of anilines is 3. The van der Waals surface area contributed by atoms with Gasteiger partial charge in [-0.05, 0) is 70.3 Å². The standard InChI is InChI=1S/C43H29NO/c1-3-16-31(17-4-1)44(32-18-5-2-6-19-32)33-20-13-15-30(29-33)43(38-25-10-7-21-34(38)35-22-8-11-26-39(35)43)40-27-14-24-37-36-23-9-12-28-41(36)45-42(37)40/h1-29H. The van der Waals surface area contributed by atoms with E-state index in [2.05, 4.69) is 175 Å². The van der Waals surface area contributed by atoms with Crippen LogP contribution in [0.1, 0.15) is 22.3 Å². The Morgan fingerprint density at radius 1 is 0.400 bits per heavy atom. The zero-order chi connectivity index (χ0) is 29.8. The van der Waals surface area contributed by atoms with E-state index in [1.165, 1.54) is 27.8 Å². The van der Waals surface area contributed by atoms with Gasteiger partial charge in [-0.1, -0.05) is 133 Å². The Kier molecular flexibility index (Phi) is 5.76. The molecular formula is C43H29NO. The van der Waals surface area contributed by atoms with Crippen molar-refractivity contribution >= 4 is 39.0 Å². The third-order valence-corrected chi connectivity index (χ3v) is 9.33. The first-order valence-electron chi connectivity index (χ1n) is 15.4. The van der Waals surface area contributed by atoms with Crippen LogP contribution in [0.5, 0.6) is 0 Å². The van der Waals surface area contributed by atoms with Gasteiger partial charge in [0.15, 0.2) is 0 Å². The van der Waals surface area contributed by atoms with Gasteiger partial charge in [0.2, 0.25) is 0 Å². The summed E-state index contributed by atoms with van der Waals surface area (Å²) < 4.78 is 6.78. The van der Waals surface area contributed by atoms with Crippen molar-refractivity contribution < 1.29 is 4.42 Å². The lowest BCUT2D eigenvalue weighted by Crippen LogP contribution is -2.29. The van der Waals surface area contributed by atoms with Crippen LogP contribution in [-0.2, 0) is 5.41 Å². The second-order valence-corrected chi connectivity index (χ2v) is 11.7. The molecule has 0 atom stereocenters. The highest BCUT2D eigenvalue weighted by molar-refractivity contribution is 6.07. The lowest BCUT2D eigenvalue weighted by molar-refractivity contribution is 0.648. The molecule has 1 aromatic heterocycles. The maximum Gasteiger partial charge on any atom is 0.140 e. The minimum atomic E-state index is -0.602. The van der Waals surface area contributed by atoms with Crippen molar-refractivity contribution in [1.29, 1.82) is 0 Å². The molecule has 0 radical (unpaired) electrons. The van der Waals surface area contributed by atoms with E-state index in [-0.39, 0.29) is 0 Å². The molecule has 0 bridgehead atoms. The Hall–Kier alpha value is -5.86. The summed E-state index contributed by atoms with van der Waals surface area (Å²) in [6.45, 7) is 0. The fourth-order valence-electron chi connectivity index (χ4n) is 7.51. The number of rotatable bonds is 5. The SMILES string of the molecule is c1ccc(N(c2ccccc2)c2cccc(C3(c4cccc5c4oc4ccccc45)c4ccccc4-c4ccccc43)c2)cc1. The summed E-state index contributed by atoms with van der Waals surface area (Å²) in [5, 5.41) is 2.27. The van der Waals surface area contributed by atoms with Gasteiger partial charge in [-0.15, -0.1) is 0 Å². The molecule has 0 saturated heterocycles. The summed E-state index contributed by atoms with van der Waals surface area (Å²) in [6.07, 6.45) is 0. The van der Waals surface area contributed by atoms with Crippen LogP contribution in [-0.4, -0.2) is 0 Å². The van der Waals surface area contributed by atoms with Crippen LogP contribution in [0.3, 0.4) is 0 Å². The van der Waals surface area contributed by atoms with E-state index >= 15 is 0 Å². The molecule has 0 spiro atoms. The quantitative estimate of drug-likeness (QED) is 0.203. The molecule has 8 aromatic rings. The smallest absolute Gasteiger partial charge is 0.140 e. The van der Waals surface area contributed by atoms with Crippen molar-refractivity contribution in [2.75, 3.05) is 4.90 Å². The summed E-state index contributed by atoms with van der Waals surface area (Å²) in [6, 6.07) is 63.1. The molecule has 2 heteroatoms. The monoisotopic (exact) mass is 575 g/mol. The highest BCUT2D eigenvalue weighted by Gasteiger charge is 2.47. The minimum absolute atomic E-state index is 0.602. The third kappa shape index (κ3) is 3.76. The van der Waals surface area contributed by atoms with Gasteiger partial charge in [0, 0.05) is 33.4 Å². The van der Waals surface area contributed by atoms with Gasteiger partial charge in [-0.3, -0.25) is 0 Å². The molecule has 1 heterocycles. The average molecular weight is 576 g/mol. The predicted molar refractivity (Wildman–Crippen MR) is 186 cm³/mol. The molecule has 1 aliphatic rings. The summed E-state index contributed by atoms with van der Waals surface area (Å²) >= 11 is 0. The number of hydrogen-bond donors (Lipinski definition) is 0. The van der Waals surface area contributed by atoms with Crippen LogP contribution in [0.4, 0.5) is 17.1 Å². The van der Waals surface area contributed by atoms with Crippen LogP contribution in [0.15, 0.2) is 180 Å². The topological polar surface area (TPSA) is 16.4 Å². The molecule has 212 valence electrons. The fraction of sp³-hybridized carbons (Fsp3) is 0.0233. The van der Waals surface area contributed by atoms with Gasteiger partial charge in [-0.25, -0.2) is 0 Å². The van der Waals surface area contributed by atoms with Crippen LogP contribution >= 0.6 is 0 Å². The van der Waals surface area contributed by atoms with Crippen molar-refractivity contribution in [3.8, 4) is 11.1 Å². The largest absolute Gasteiger partial charge is 0.456 e. The third-order valence-electron chi connectivity index (χ3n) is 9.33. The van der Waals surface area contributed by atoms with E-state index in [9.17, 15) is 0 Å². The zero-order valence-corrected chi connectivity index (χ0v) is 24.6. The summed E-state index contributed by atoms with van der Waals surface area (Å²) in [7, 11) is 0. The fourth-order valence-corrected chi connectivity index (χ4v) is 7.51. The Labute approximate surface area is 262 Å². The van der Waals surface area contributed by atoms with Crippen LogP contribution in [0, 0.1) is 0 Å². The molecule has 0 unspecified atom stereocenters. The number of hydrogen-bond acceptors (Lipinski definition) is 2. The molecule has 0 fully saturated rings. The minimum Gasteiger partial charge on any atom is -0.456 e. The number of benzene rings is 7. The number of para-hydroxylation sites is 4. The second-order valence-electron chi connectivity index (χ2n) is 11.7. The molecule has 7 aromatic carbocycles. The van der Waals surface area contributed by atoms with Crippen LogP contribution in [0.2, 0.25) is 0 Å². The van der Waals surface area contributed by atoms with Crippen molar-refractivity contribution in [3.63, 3.8) is 0 Å². The molecule has 2 nitrogen and oxygen atoms in total. The van der Waals surface area contributed by atoms with E-state index in [1.807, 2.05) is 6.07 Å². The Morgan fingerprint density at radius 2 is 0.911 bits per heavy atom. The molecule has 45 heavy (non-hydrogen) atoms. The number of furan rings is 1. The van der Waals surface area contributed by atoms with E-state index in [0.717, 1.165) is 44.6 Å². The Morgan fingerprint density at radius 3 is 1.60 bits per heavy atom. The highest BCUT2D eigenvalue weighted by atomic mass is 16.3.